The number of ether oxygens (including phenoxy) is 1. The maximum Gasteiger partial charge on any atom is 0.220 e. The van der Waals surface area contributed by atoms with Gasteiger partial charge in [0, 0.05) is 32.4 Å². The Kier molecular flexibility index (Phi) is 9.77. The zero-order valence-corrected chi connectivity index (χ0v) is 19.7. The van der Waals surface area contributed by atoms with Gasteiger partial charge in [-0.1, -0.05) is 49.0 Å². The van der Waals surface area contributed by atoms with Gasteiger partial charge in [-0.3, -0.25) is 4.79 Å². The number of methoxy groups -OCH3 is 1. The highest BCUT2D eigenvalue weighted by atomic mass is 32.2. The van der Waals surface area contributed by atoms with E-state index in [9.17, 15) is 4.79 Å². The van der Waals surface area contributed by atoms with Crippen molar-refractivity contribution in [1.29, 1.82) is 0 Å². The summed E-state index contributed by atoms with van der Waals surface area (Å²) in [6.45, 7) is 4.45. The van der Waals surface area contributed by atoms with Crippen LogP contribution in [0.2, 0.25) is 0 Å². The third kappa shape index (κ3) is 7.20. The average Bonchev–Trinajstić information content (AvgIpc) is 3.21. The molecular weight excluding hydrogens is 424 g/mol. The number of aryl methyl sites for hydroxylation is 1. The Bertz CT molecular complexity index is 979. The molecule has 0 bridgehead atoms. The van der Waals surface area contributed by atoms with E-state index < -0.39 is 0 Å². The van der Waals surface area contributed by atoms with Gasteiger partial charge in [-0.15, -0.1) is 0 Å². The van der Waals surface area contributed by atoms with Gasteiger partial charge in [0.2, 0.25) is 5.91 Å². The number of amides is 1. The molecule has 2 N–H and O–H groups in total. The highest BCUT2D eigenvalue weighted by Gasteiger charge is 2.13. The minimum Gasteiger partial charge on any atom is -0.383 e. The number of hydrogen-bond donors (Lipinski definition) is 2. The summed E-state index contributed by atoms with van der Waals surface area (Å²) >= 11 is 1.63. The van der Waals surface area contributed by atoms with E-state index in [0.29, 0.717) is 32.7 Å². The molecule has 32 heavy (non-hydrogen) atoms. The van der Waals surface area contributed by atoms with Gasteiger partial charge < -0.3 is 15.4 Å². The van der Waals surface area contributed by atoms with E-state index in [1.165, 1.54) is 5.56 Å². The van der Waals surface area contributed by atoms with Crippen molar-refractivity contribution in [3.05, 3.63) is 42.1 Å². The van der Waals surface area contributed by atoms with Crippen LogP contribution in [0.5, 0.6) is 0 Å². The van der Waals surface area contributed by atoms with Gasteiger partial charge in [-0.25, -0.2) is 14.6 Å². The van der Waals surface area contributed by atoms with Crippen LogP contribution in [0.25, 0.3) is 11.0 Å². The molecule has 0 spiro atoms. The molecule has 3 rings (SSSR count). The van der Waals surface area contributed by atoms with E-state index in [4.69, 9.17) is 9.72 Å². The Morgan fingerprint density at radius 3 is 2.81 bits per heavy atom. The molecule has 9 heteroatoms. The lowest BCUT2D eigenvalue weighted by molar-refractivity contribution is -0.121. The van der Waals surface area contributed by atoms with Gasteiger partial charge in [0.25, 0.3) is 0 Å². The molecule has 0 saturated heterocycles. The number of hydrogen-bond acceptors (Lipinski definition) is 7. The van der Waals surface area contributed by atoms with Crippen molar-refractivity contribution in [3.8, 4) is 0 Å². The molecule has 2 heterocycles. The van der Waals surface area contributed by atoms with Crippen LogP contribution in [0.3, 0.4) is 0 Å². The monoisotopic (exact) mass is 456 g/mol. The Morgan fingerprint density at radius 1 is 1.19 bits per heavy atom. The lowest BCUT2D eigenvalue weighted by Crippen LogP contribution is -2.27. The highest BCUT2D eigenvalue weighted by Crippen LogP contribution is 2.24. The molecule has 0 unspecified atom stereocenters. The van der Waals surface area contributed by atoms with Gasteiger partial charge >= 0.3 is 0 Å². The molecule has 2 aromatic heterocycles. The number of rotatable bonds is 14. The summed E-state index contributed by atoms with van der Waals surface area (Å²) in [6.07, 6.45) is 5.09. The van der Waals surface area contributed by atoms with E-state index in [2.05, 4.69) is 39.8 Å². The fourth-order valence-corrected chi connectivity index (χ4v) is 3.94. The van der Waals surface area contributed by atoms with Crippen LogP contribution < -0.4 is 10.6 Å². The first-order valence-electron chi connectivity index (χ1n) is 11.1. The number of thioether (sulfide) groups is 1. The Balaban J connectivity index is 1.56. The normalized spacial score (nSPS) is 11.1. The number of nitrogens with one attached hydrogen (secondary N) is 2. The van der Waals surface area contributed by atoms with Gasteiger partial charge in [-0.05, 0) is 24.8 Å². The minimum absolute atomic E-state index is 0.0631. The molecule has 0 saturated carbocycles. The van der Waals surface area contributed by atoms with Crippen molar-refractivity contribution in [3.63, 3.8) is 0 Å². The molecule has 1 aromatic carbocycles. The highest BCUT2D eigenvalue weighted by molar-refractivity contribution is 7.99. The Morgan fingerprint density at radius 2 is 2.03 bits per heavy atom. The summed E-state index contributed by atoms with van der Waals surface area (Å²) in [4.78, 5) is 21.6. The van der Waals surface area contributed by atoms with Gasteiger partial charge in [0.05, 0.1) is 24.7 Å². The largest absolute Gasteiger partial charge is 0.383 e. The summed E-state index contributed by atoms with van der Waals surface area (Å²) in [7, 11) is 1.67. The predicted octanol–water partition coefficient (Wildman–Crippen LogP) is 3.53. The molecule has 1 amide bonds. The first-order chi connectivity index (χ1) is 15.7. The molecule has 172 valence electrons. The van der Waals surface area contributed by atoms with Crippen molar-refractivity contribution in [2.75, 3.05) is 37.9 Å². The lowest BCUT2D eigenvalue weighted by atomic mass is 10.1. The van der Waals surface area contributed by atoms with Crippen molar-refractivity contribution >= 4 is 34.5 Å². The zero-order chi connectivity index (χ0) is 22.6. The molecule has 3 aromatic rings. The van der Waals surface area contributed by atoms with E-state index >= 15 is 0 Å². The first kappa shape index (κ1) is 24.0. The van der Waals surface area contributed by atoms with Crippen LogP contribution in [0.4, 0.5) is 5.82 Å². The smallest absolute Gasteiger partial charge is 0.220 e. The van der Waals surface area contributed by atoms with Crippen molar-refractivity contribution in [2.24, 2.45) is 0 Å². The maximum atomic E-state index is 12.2. The predicted molar refractivity (Wildman–Crippen MR) is 129 cm³/mol. The Labute approximate surface area is 193 Å². The van der Waals surface area contributed by atoms with Crippen LogP contribution in [-0.2, 0) is 22.5 Å². The van der Waals surface area contributed by atoms with Gasteiger partial charge in [-0.2, -0.15) is 5.10 Å². The van der Waals surface area contributed by atoms with Crippen LogP contribution >= 0.6 is 11.8 Å². The summed E-state index contributed by atoms with van der Waals surface area (Å²) < 4.78 is 6.96. The zero-order valence-electron chi connectivity index (χ0n) is 18.8. The van der Waals surface area contributed by atoms with Crippen LogP contribution in [0.1, 0.15) is 31.7 Å². The number of benzene rings is 1. The number of carbonyl (C=O) groups is 1. The molecular formula is C23H32N6O2S. The number of anilines is 1. The fraction of sp³-hybridized carbons (Fsp3) is 0.478. The van der Waals surface area contributed by atoms with Crippen molar-refractivity contribution in [2.45, 2.75) is 44.3 Å². The summed E-state index contributed by atoms with van der Waals surface area (Å²) in [5, 5.41) is 12.4. The number of fused-ring (bicyclic) bond motifs is 1. The summed E-state index contributed by atoms with van der Waals surface area (Å²) in [6, 6.07) is 10.2. The SMILES string of the molecule is CCCSc1nc(NCCOC)c2cnn(CCNC(=O)CCCc3ccccc3)c2n1. The third-order valence-electron chi connectivity index (χ3n) is 4.87. The van der Waals surface area contributed by atoms with E-state index in [1.807, 2.05) is 22.9 Å². The number of aromatic nitrogens is 4. The van der Waals surface area contributed by atoms with Crippen molar-refractivity contribution < 1.29 is 9.53 Å². The average molecular weight is 457 g/mol. The number of carbonyl (C=O) groups excluding carboxylic acids is 1. The van der Waals surface area contributed by atoms with E-state index in [0.717, 1.165) is 47.0 Å². The standard InChI is InChI=1S/C23H32N6O2S/c1-3-16-32-23-27-21(25-13-15-31-2)19-17-26-29(22(19)28-23)14-12-24-20(30)11-7-10-18-8-5-4-6-9-18/h4-6,8-9,17H,3,7,10-16H2,1-2H3,(H,24,30)(H,25,27,28). The maximum absolute atomic E-state index is 12.2. The van der Waals surface area contributed by atoms with E-state index in [1.54, 1.807) is 25.1 Å². The number of nitrogens with zero attached hydrogens (tertiary/aromatic N) is 4. The molecule has 0 fully saturated rings. The molecule has 0 radical (unpaired) electrons. The van der Waals surface area contributed by atoms with Crippen LogP contribution in [0, 0.1) is 0 Å². The third-order valence-corrected chi connectivity index (χ3v) is 5.92. The Hall–Kier alpha value is -2.65. The quantitative estimate of drug-likeness (QED) is 0.218. The van der Waals surface area contributed by atoms with Crippen LogP contribution in [-0.4, -0.2) is 58.2 Å². The molecule has 0 aliphatic rings. The summed E-state index contributed by atoms with van der Waals surface area (Å²) in [5.41, 5.74) is 2.03. The molecule has 8 nitrogen and oxygen atoms in total. The van der Waals surface area contributed by atoms with Gasteiger partial charge in [0.1, 0.15) is 5.82 Å². The van der Waals surface area contributed by atoms with Crippen LogP contribution in [0.15, 0.2) is 41.7 Å². The summed E-state index contributed by atoms with van der Waals surface area (Å²) in [5.74, 6) is 1.78. The fourth-order valence-electron chi connectivity index (χ4n) is 3.25. The molecule has 0 atom stereocenters. The minimum atomic E-state index is 0.0631. The molecule has 0 aliphatic carbocycles. The first-order valence-corrected chi connectivity index (χ1v) is 12.1. The topological polar surface area (TPSA) is 94.0 Å². The second kappa shape index (κ2) is 13.0. The van der Waals surface area contributed by atoms with Gasteiger partial charge in [0.15, 0.2) is 10.8 Å². The van der Waals surface area contributed by atoms with Crippen molar-refractivity contribution in [1.82, 2.24) is 25.1 Å². The lowest BCUT2D eigenvalue weighted by Gasteiger charge is -2.10. The second-order valence-electron chi connectivity index (χ2n) is 7.42. The second-order valence-corrected chi connectivity index (χ2v) is 8.48. The molecule has 0 aliphatic heterocycles. The van der Waals surface area contributed by atoms with E-state index in [-0.39, 0.29) is 5.91 Å².